The fourth-order valence-corrected chi connectivity index (χ4v) is 2.55. The molecular formula is C19H23N5O3. The van der Waals surface area contributed by atoms with Crippen molar-refractivity contribution in [2.75, 3.05) is 38.8 Å². The van der Waals surface area contributed by atoms with E-state index in [-0.39, 0.29) is 6.61 Å². The molecule has 0 aliphatic carbocycles. The fourth-order valence-electron chi connectivity index (χ4n) is 2.55. The molecule has 3 aromatic rings. The van der Waals surface area contributed by atoms with Gasteiger partial charge in [0.05, 0.1) is 26.9 Å². The molecule has 27 heavy (non-hydrogen) atoms. The molecule has 0 saturated carbocycles. The van der Waals surface area contributed by atoms with Crippen LogP contribution in [0.5, 0.6) is 5.75 Å². The summed E-state index contributed by atoms with van der Waals surface area (Å²) in [5.41, 5.74) is 2.11. The summed E-state index contributed by atoms with van der Waals surface area (Å²) in [5, 5.41) is 12.1. The van der Waals surface area contributed by atoms with Crippen molar-refractivity contribution in [1.82, 2.24) is 19.5 Å². The number of methoxy groups -OCH3 is 1. The highest BCUT2D eigenvalue weighted by Gasteiger charge is 2.09. The van der Waals surface area contributed by atoms with E-state index in [1.54, 1.807) is 30.4 Å². The number of hydrogen-bond donors (Lipinski definition) is 2. The lowest BCUT2D eigenvalue weighted by Crippen LogP contribution is -2.15. The molecule has 0 amide bonds. The van der Waals surface area contributed by atoms with Crippen LogP contribution in [0.3, 0.4) is 0 Å². The second-order valence-corrected chi connectivity index (χ2v) is 5.80. The molecule has 0 aliphatic rings. The summed E-state index contributed by atoms with van der Waals surface area (Å²) in [6.45, 7) is 1.40. The second-order valence-electron chi connectivity index (χ2n) is 5.80. The first-order chi connectivity index (χ1) is 13.3. The van der Waals surface area contributed by atoms with Crippen LogP contribution < -0.4 is 10.1 Å². The minimum atomic E-state index is 0.0149. The van der Waals surface area contributed by atoms with Crippen molar-refractivity contribution in [1.29, 1.82) is 0 Å². The van der Waals surface area contributed by atoms with Crippen LogP contribution >= 0.6 is 0 Å². The van der Waals surface area contributed by atoms with E-state index >= 15 is 0 Å². The van der Waals surface area contributed by atoms with Crippen molar-refractivity contribution in [2.45, 2.75) is 6.42 Å². The van der Waals surface area contributed by atoms with Crippen molar-refractivity contribution in [2.24, 2.45) is 0 Å². The topological polar surface area (TPSA) is 94.3 Å². The summed E-state index contributed by atoms with van der Waals surface area (Å²) in [5.74, 6) is 2.12. The van der Waals surface area contributed by atoms with E-state index in [9.17, 15) is 0 Å². The smallest absolute Gasteiger partial charge is 0.236 e. The molecule has 0 unspecified atom stereocenters. The van der Waals surface area contributed by atoms with Gasteiger partial charge in [-0.1, -0.05) is 12.1 Å². The molecule has 3 rings (SSSR count). The van der Waals surface area contributed by atoms with Gasteiger partial charge in [0.25, 0.3) is 0 Å². The van der Waals surface area contributed by atoms with E-state index in [2.05, 4.69) is 20.3 Å². The Morgan fingerprint density at radius 3 is 2.74 bits per heavy atom. The minimum absolute atomic E-state index is 0.0149. The zero-order valence-electron chi connectivity index (χ0n) is 15.2. The molecule has 0 atom stereocenters. The predicted molar refractivity (Wildman–Crippen MR) is 101 cm³/mol. The van der Waals surface area contributed by atoms with Gasteiger partial charge in [-0.3, -0.25) is 4.57 Å². The van der Waals surface area contributed by atoms with Crippen LogP contribution in [-0.4, -0.2) is 58.1 Å². The van der Waals surface area contributed by atoms with Gasteiger partial charge in [0.1, 0.15) is 17.9 Å². The molecule has 2 heterocycles. The van der Waals surface area contributed by atoms with E-state index in [0.717, 1.165) is 22.7 Å². The van der Waals surface area contributed by atoms with Gasteiger partial charge in [0.2, 0.25) is 5.95 Å². The van der Waals surface area contributed by atoms with Crippen LogP contribution in [-0.2, 0) is 11.2 Å². The van der Waals surface area contributed by atoms with Gasteiger partial charge in [-0.25, -0.2) is 9.97 Å². The summed E-state index contributed by atoms with van der Waals surface area (Å²) in [6.07, 6.45) is 7.65. The Morgan fingerprint density at radius 1 is 1.19 bits per heavy atom. The quantitative estimate of drug-likeness (QED) is 0.525. The van der Waals surface area contributed by atoms with E-state index < -0.39 is 0 Å². The Morgan fingerprint density at radius 2 is 2.04 bits per heavy atom. The maximum atomic E-state index is 8.79. The Bertz CT molecular complexity index is 822. The molecule has 0 radical (unpaired) electrons. The number of imidazole rings is 1. The molecule has 0 bridgehead atoms. The lowest BCUT2D eigenvalue weighted by molar-refractivity contribution is 0.0992. The molecule has 142 valence electrons. The van der Waals surface area contributed by atoms with Crippen molar-refractivity contribution in [3.05, 3.63) is 60.3 Å². The summed E-state index contributed by atoms with van der Waals surface area (Å²) in [6, 6.07) is 7.92. The van der Waals surface area contributed by atoms with Crippen LogP contribution in [0, 0.1) is 0 Å². The number of aliphatic hydroxyl groups is 1. The molecule has 8 heteroatoms. The number of aromatic nitrogens is 4. The summed E-state index contributed by atoms with van der Waals surface area (Å²) in [4.78, 5) is 13.1. The predicted octanol–water partition coefficient (Wildman–Crippen LogP) is 1.68. The van der Waals surface area contributed by atoms with Crippen LogP contribution in [0.2, 0.25) is 0 Å². The van der Waals surface area contributed by atoms with Gasteiger partial charge >= 0.3 is 0 Å². The molecule has 0 spiro atoms. The van der Waals surface area contributed by atoms with Crippen molar-refractivity contribution < 1.29 is 14.6 Å². The zero-order valence-corrected chi connectivity index (χ0v) is 15.2. The molecule has 8 nitrogen and oxygen atoms in total. The number of aliphatic hydroxyl groups excluding tert-OH is 1. The maximum absolute atomic E-state index is 8.79. The molecular weight excluding hydrogens is 346 g/mol. The van der Waals surface area contributed by atoms with E-state index in [1.807, 2.05) is 30.5 Å². The van der Waals surface area contributed by atoms with Crippen molar-refractivity contribution >= 4 is 5.82 Å². The minimum Gasteiger partial charge on any atom is -0.497 e. The van der Waals surface area contributed by atoms with Crippen LogP contribution in [0.1, 0.15) is 11.1 Å². The molecule has 2 N–H and O–H groups in total. The standard InChI is InChI=1S/C19H23N5O3/c1-26-17-4-2-15(3-5-17)12-16-13-22-19(24-8-6-20-14-24)23-18(16)21-7-10-27-11-9-25/h2-6,8,13-14,25H,7,9-12H2,1H3,(H,21,22,23). The number of hydrogen-bond acceptors (Lipinski definition) is 7. The van der Waals surface area contributed by atoms with Gasteiger partial charge in [-0.2, -0.15) is 4.98 Å². The maximum Gasteiger partial charge on any atom is 0.236 e. The van der Waals surface area contributed by atoms with E-state index in [0.29, 0.717) is 32.1 Å². The SMILES string of the molecule is COc1ccc(Cc2cnc(-n3ccnc3)nc2NCCOCCO)cc1. The van der Waals surface area contributed by atoms with Crippen LogP contribution in [0.25, 0.3) is 5.95 Å². The number of benzene rings is 1. The van der Waals surface area contributed by atoms with Crippen molar-refractivity contribution in [3.8, 4) is 11.7 Å². The number of nitrogens with one attached hydrogen (secondary N) is 1. The van der Waals surface area contributed by atoms with Crippen LogP contribution in [0.15, 0.2) is 49.2 Å². The lowest BCUT2D eigenvalue weighted by Gasteiger charge is -2.13. The van der Waals surface area contributed by atoms with Gasteiger partial charge in [-0.05, 0) is 17.7 Å². The summed E-state index contributed by atoms with van der Waals surface area (Å²) >= 11 is 0. The fraction of sp³-hybridized carbons (Fsp3) is 0.316. The molecule has 0 saturated heterocycles. The first-order valence-electron chi connectivity index (χ1n) is 8.70. The average molecular weight is 369 g/mol. The largest absolute Gasteiger partial charge is 0.497 e. The molecule has 0 fully saturated rings. The summed E-state index contributed by atoms with van der Waals surface area (Å²) < 4.78 is 12.3. The van der Waals surface area contributed by atoms with E-state index in [4.69, 9.17) is 14.6 Å². The van der Waals surface area contributed by atoms with Gasteiger partial charge in [0.15, 0.2) is 0 Å². The third-order valence-corrected chi connectivity index (χ3v) is 3.92. The first-order valence-corrected chi connectivity index (χ1v) is 8.70. The normalized spacial score (nSPS) is 10.7. The molecule has 1 aromatic carbocycles. The van der Waals surface area contributed by atoms with E-state index in [1.165, 1.54) is 0 Å². The number of ether oxygens (including phenoxy) is 2. The average Bonchev–Trinajstić information content (AvgIpc) is 3.24. The number of anilines is 1. The van der Waals surface area contributed by atoms with Crippen molar-refractivity contribution in [3.63, 3.8) is 0 Å². The van der Waals surface area contributed by atoms with Gasteiger partial charge < -0.3 is 19.9 Å². The van der Waals surface area contributed by atoms with Gasteiger partial charge in [-0.15, -0.1) is 0 Å². The first kappa shape index (κ1) is 18.8. The Hall–Kier alpha value is -2.97. The lowest BCUT2D eigenvalue weighted by atomic mass is 10.1. The highest BCUT2D eigenvalue weighted by atomic mass is 16.5. The molecule has 2 aromatic heterocycles. The third-order valence-electron chi connectivity index (χ3n) is 3.92. The third kappa shape index (κ3) is 5.25. The number of rotatable bonds is 10. The highest BCUT2D eigenvalue weighted by molar-refractivity contribution is 5.47. The monoisotopic (exact) mass is 369 g/mol. The Labute approximate surface area is 157 Å². The Balaban J connectivity index is 1.77. The molecule has 0 aliphatic heterocycles. The summed E-state index contributed by atoms with van der Waals surface area (Å²) in [7, 11) is 1.65. The van der Waals surface area contributed by atoms with Crippen LogP contribution in [0.4, 0.5) is 5.82 Å². The number of nitrogens with zero attached hydrogens (tertiary/aromatic N) is 4. The Kier molecular flexibility index (Phi) is 6.72. The second kappa shape index (κ2) is 9.65. The zero-order chi connectivity index (χ0) is 18.9. The van der Waals surface area contributed by atoms with Gasteiger partial charge in [0, 0.05) is 37.1 Å². The highest BCUT2D eigenvalue weighted by Crippen LogP contribution is 2.20.